The molecule has 2 aromatic carbocycles. The number of carbonyl (C=O) groups is 1. The minimum atomic E-state index is -0.507. The first-order valence-corrected chi connectivity index (χ1v) is 17.2. The molecular weight excluding hydrogens is 635 g/mol. The molecule has 2 aromatic heterocycles. The highest BCUT2D eigenvalue weighted by Gasteiger charge is 2.42. The molecular formula is C38H43FN8O3. The lowest BCUT2D eigenvalue weighted by Gasteiger charge is -2.52. The van der Waals surface area contributed by atoms with Gasteiger partial charge in [-0.1, -0.05) is 18.2 Å². The summed E-state index contributed by atoms with van der Waals surface area (Å²) in [4.78, 5) is 29.7. The molecule has 3 saturated heterocycles. The number of fused-ring (bicyclic) bond motifs is 1. The van der Waals surface area contributed by atoms with Crippen molar-refractivity contribution in [3.05, 3.63) is 84.2 Å². The highest BCUT2D eigenvalue weighted by atomic mass is 19.1. The molecule has 3 aliphatic rings. The zero-order valence-corrected chi connectivity index (χ0v) is 28.8. The number of imidazole rings is 1. The van der Waals surface area contributed by atoms with Crippen LogP contribution in [-0.2, 0) is 9.53 Å². The molecule has 3 aliphatic heterocycles. The summed E-state index contributed by atoms with van der Waals surface area (Å²) in [7, 11) is 0. The maximum atomic E-state index is 15.7. The van der Waals surface area contributed by atoms with Gasteiger partial charge < -0.3 is 20.1 Å². The van der Waals surface area contributed by atoms with Crippen LogP contribution in [0.5, 0.6) is 11.5 Å². The van der Waals surface area contributed by atoms with E-state index < -0.39 is 11.4 Å². The third-order valence-corrected chi connectivity index (χ3v) is 10.4. The highest BCUT2D eigenvalue weighted by molar-refractivity contribution is 5.97. The van der Waals surface area contributed by atoms with Crippen molar-refractivity contribution in [2.24, 2.45) is 0 Å². The van der Waals surface area contributed by atoms with Crippen LogP contribution in [0.2, 0.25) is 0 Å². The van der Waals surface area contributed by atoms with Gasteiger partial charge in [0.15, 0.2) is 0 Å². The number of hydrogen-bond acceptors (Lipinski definition) is 9. The number of piperidine rings is 1. The molecule has 0 radical (unpaired) electrons. The summed E-state index contributed by atoms with van der Waals surface area (Å²) in [5, 5.41) is 10.2. The number of aromatic nitrogens is 3. The fourth-order valence-electron chi connectivity index (χ4n) is 7.47. The van der Waals surface area contributed by atoms with Crippen molar-refractivity contribution in [2.45, 2.75) is 50.6 Å². The number of likely N-dealkylation sites (tertiary alicyclic amines) is 1. The van der Waals surface area contributed by atoms with Crippen molar-refractivity contribution in [1.29, 1.82) is 5.26 Å². The van der Waals surface area contributed by atoms with E-state index in [9.17, 15) is 10.1 Å². The Labute approximate surface area is 291 Å². The van der Waals surface area contributed by atoms with Gasteiger partial charge in [-0.2, -0.15) is 5.26 Å². The molecule has 1 amide bonds. The molecule has 12 heteroatoms. The number of nitriles is 1. The summed E-state index contributed by atoms with van der Waals surface area (Å²) in [6.45, 7) is 12.3. The molecule has 5 heterocycles. The fraction of sp³-hybridized carbons (Fsp3) is 0.421. The normalized spacial score (nSPS) is 20.3. The van der Waals surface area contributed by atoms with Gasteiger partial charge in [-0.3, -0.25) is 19.0 Å². The van der Waals surface area contributed by atoms with Crippen LogP contribution in [-0.4, -0.2) is 98.5 Å². The maximum absolute atomic E-state index is 15.7. The van der Waals surface area contributed by atoms with Crippen molar-refractivity contribution in [2.75, 3.05) is 58.2 Å². The second-order valence-corrected chi connectivity index (χ2v) is 14.3. The van der Waals surface area contributed by atoms with Crippen LogP contribution in [0.1, 0.15) is 45.4 Å². The summed E-state index contributed by atoms with van der Waals surface area (Å²) in [6.07, 6.45) is 6.68. The van der Waals surface area contributed by atoms with Gasteiger partial charge >= 0.3 is 0 Å². The number of halogens is 1. The third-order valence-electron chi connectivity index (χ3n) is 10.4. The molecule has 4 aromatic rings. The van der Waals surface area contributed by atoms with E-state index in [1.54, 1.807) is 41.6 Å². The number of carbonyl (C=O) groups excluding carboxylic acids is 1. The number of amides is 1. The number of anilines is 1. The standard InChI is InChI=1S/C38H43FN8O3/c1-37(2,45-16-18-46(19-17-45)38(3)24-49-25-38)21-27(22-40)36(48)44-14-7-8-26(23-44)35-43-32(33-34(41)42-13-15-47(33)35)30-12-11-29(20-31(30)39)50-28-9-5-4-6-10-28/h4-6,9-13,15,20-21,26H,7-8,14,16-19,23-25H2,1-3H3,(H2,41,42)/t26-/m1/s1. The zero-order chi connectivity index (χ0) is 35.0. The number of rotatable bonds is 8. The quantitative estimate of drug-likeness (QED) is 0.197. The molecule has 2 N–H and O–H groups in total. The Morgan fingerprint density at radius 2 is 1.88 bits per heavy atom. The van der Waals surface area contributed by atoms with Crippen LogP contribution in [0.3, 0.4) is 0 Å². The molecule has 50 heavy (non-hydrogen) atoms. The highest BCUT2D eigenvalue weighted by Crippen LogP contribution is 2.37. The largest absolute Gasteiger partial charge is 0.457 e. The second kappa shape index (κ2) is 13.5. The van der Waals surface area contributed by atoms with Crippen LogP contribution in [0.25, 0.3) is 16.8 Å². The number of nitrogens with two attached hydrogens (primary N) is 1. The van der Waals surface area contributed by atoms with Crippen LogP contribution < -0.4 is 10.5 Å². The molecule has 0 saturated carbocycles. The van der Waals surface area contributed by atoms with E-state index in [4.69, 9.17) is 20.2 Å². The van der Waals surface area contributed by atoms with Gasteiger partial charge in [0.05, 0.1) is 18.8 Å². The Balaban J connectivity index is 1.11. The van der Waals surface area contributed by atoms with Gasteiger partial charge in [-0.15, -0.1) is 0 Å². The lowest BCUT2D eigenvalue weighted by Crippen LogP contribution is -2.66. The first-order chi connectivity index (χ1) is 24.1. The number of nitrogen functional groups attached to an aromatic ring is 1. The molecule has 3 fully saturated rings. The zero-order valence-electron chi connectivity index (χ0n) is 28.8. The average molecular weight is 679 g/mol. The molecule has 260 valence electrons. The monoisotopic (exact) mass is 678 g/mol. The number of ether oxygens (including phenoxy) is 2. The van der Waals surface area contributed by atoms with Crippen molar-refractivity contribution in [3.63, 3.8) is 0 Å². The molecule has 7 rings (SSSR count). The molecule has 11 nitrogen and oxygen atoms in total. The fourth-order valence-corrected chi connectivity index (χ4v) is 7.47. The third kappa shape index (κ3) is 6.44. The summed E-state index contributed by atoms with van der Waals surface area (Å²) in [5.74, 6) is 0.887. The molecule has 0 aliphatic carbocycles. The predicted molar refractivity (Wildman–Crippen MR) is 188 cm³/mol. The predicted octanol–water partition coefficient (Wildman–Crippen LogP) is 5.25. The van der Waals surface area contributed by atoms with Crippen molar-refractivity contribution < 1.29 is 18.7 Å². The number of piperazine rings is 1. The van der Waals surface area contributed by atoms with E-state index >= 15 is 4.39 Å². The second-order valence-electron chi connectivity index (χ2n) is 14.3. The van der Waals surface area contributed by atoms with Gasteiger partial charge in [0.2, 0.25) is 0 Å². The Morgan fingerprint density at radius 3 is 2.56 bits per heavy atom. The molecule has 0 spiro atoms. The number of hydrogen-bond donors (Lipinski definition) is 1. The van der Waals surface area contributed by atoms with E-state index in [-0.39, 0.29) is 34.3 Å². The summed E-state index contributed by atoms with van der Waals surface area (Å²) in [5.41, 5.74) is 7.27. The van der Waals surface area contributed by atoms with E-state index in [1.807, 2.05) is 28.7 Å². The van der Waals surface area contributed by atoms with Gasteiger partial charge in [-0.05, 0) is 64.0 Å². The summed E-state index contributed by atoms with van der Waals surface area (Å²) in [6, 6.07) is 16.1. The Bertz CT molecular complexity index is 1960. The van der Waals surface area contributed by atoms with E-state index in [2.05, 4.69) is 41.6 Å². The Hall–Kier alpha value is -4.83. The molecule has 0 unspecified atom stereocenters. The van der Waals surface area contributed by atoms with Crippen molar-refractivity contribution >= 4 is 17.2 Å². The number of benzene rings is 2. The van der Waals surface area contributed by atoms with Crippen LogP contribution in [0.15, 0.2) is 72.6 Å². The van der Waals surface area contributed by atoms with Crippen LogP contribution in [0, 0.1) is 17.1 Å². The number of para-hydroxylation sites is 1. The smallest absolute Gasteiger partial charge is 0.264 e. The van der Waals surface area contributed by atoms with Crippen molar-refractivity contribution in [3.8, 4) is 28.8 Å². The minimum absolute atomic E-state index is 0.101. The number of nitrogens with zero attached hydrogens (tertiary/aromatic N) is 7. The Morgan fingerprint density at radius 1 is 1.12 bits per heavy atom. The van der Waals surface area contributed by atoms with E-state index in [0.717, 1.165) is 52.2 Å². The van der Waals surface area contributed by atoms with Gasteiger partial charge in [0.25, 0.3) is 5.91 Å². The van der Waals surface area contributed by atoms with Crippen molar-refractivity contribution in [1.82, 2.24) is 29.1 Å². The van der Waals surface area contributed by atoms with Gasteiger partial charge in [0, 0.05) is 74.7 Å². The SMILES string of the molecule is CC(C)(C=C(C#N)C(=O)N1CCC[C@@H](c2nc(-c3ccc(Oc4ccccc4)cc3F)c3c(N)nccn23)C1)N1CCN(C2(C)COC2)CC1. The Kier molecular flexibility index (Phi) is 9.07. The summed E-state index contributed by atoms with van der Waals surface area (Å²) >= 11 is 0. The minimum Gasteiger partial charge on any atom is -0.457 e. The maximum Gasteiger partial charge on any atom is 0.264 e. The van der Waals surface area contributed by atoms with Gasteiger partial charge in [-0.25, -0.2) is 14.4 Å². The topological polar surface area (TPSA) is 125 Å². The van der Waals surface area contributed by atoms with E-state index in [0.29, 0.717) is 41.6 Å². The van der Waals surface area contributed by atoms with Crippen LogP contribution in [0.4, 0.5) is 10.2 Å². The average Bonchev–Trinajstić information content (AvgIpc) is 3.50. The van der Waals surface area contributed by atoms with Crippen LogP contribution >= 0.6 is 0 Å². The van der Waals surface area contributed by atoms with E-state index in [1.165, 1.54) is 6.07 Å². The van der Waals surface area contributed by atoms with Gasteiger partial charge in [0.1, 0.15) is 51.8 Å². The molecule has 0 bridgehead atoms. The first-order valence-electron chi connectivity index (χ1n) is 17.2. The molecule has 1 atom stereocenters. The lowest BCUT2D eigenvalue weighted by molar-refractivity contribution is -0.142. The summed E-state index contributed by atoms with van der Waals surface area (Å²) < 4.78 is 28.9. The first kappa shape index (κ1) is 33.7. The lowest BCUT2D eigenvalue weighted by atomic mass is 9.93.